The van der Waals surface area contributed by atoms with Crippen LogP contribution in [0.5, 0.6) is 0 Å². The van der Waals surface area contributed by atoms with Crippen molar-refractivity contribution >= 4 is 11.4 Å². The molecule has 0 radical (unpaired) electrons. The van der Waals surface area contributed by atoms with Crippen LogP contribution in [0.15, 0.2) is 18.5 Å². The van der Waals surface area contributed by atoms with Gasteiger partial charge in [0.1, 0.15) is 0 Å². The molecule has 0 fully saturated rings. The number of aliphatic hydroxyl groups excluding tert-OH is 1. The van der Waals surface area contributed by atoms with Crippen molar-refractivity contribution in [1.29, 1.82) is 0 Å². The van der Waals surface area contributed by atoms with E-state index in [-0.39, 0.29) is 6.10 Å². The summed E-state index contributed by atoms with van der Waals surface area (Å²) in [5, 5.41) is 15.6. The summed E-state index contributed by atoms with van der Waals surface area (Å²) in [7, 11) is 0. The van der Waals surface area contributed by atoms with E-state index in [0.717, 1.165) is 37.3 Å². The molecule has 0 aliphatic heterocycles. The molecule has 0 aliphatic rings. The Morgan fingerprint density at radius 2 is 1.88 bits per heavy atom. The Bertz CT molecular complexity index is 302. The molecule has 4 heteroatoms. The Morgan fingerprint density at radius 1 is 1.25 bits per heavy atom. The average molecular weight is 223 g/mol. The molecule has 1 aromatic heterocycles. The van der Waals surface area contributed by atoms with Gasteiger partial charge in [-0.05, 0) is 25.8 Å². The molecule has 1 heterocycles. The smallest absolute Gasteiger partial charge is 0.0547 e. The number of aromatic nitrogens is 1. The molecule has 0 aliphatic carbocycles. The summed E-state index contributed by atoms with van der Waals surface area (Å²) in [6.45, 7) is 5.64. The molecule has 90 valence electrons. The molecule has 0 bridgehead atoms. The molecule has 0 amide bonds. The van der Waals surface area contributed by atoms with Crippen molar-refractivity contribution in [2.75, 3.05) is 23.7 Å². The van der Waals surface area contributed by atoms with Gasteiger partial charge in [-0.25, -0.2) is 0 Å². The monoisotopic (exact) mass is 223 g/mol. The Balaban J connectivity index is 2.40. The zero-order valence-corrected chi connectivity index (χ0v) is 10.0. The fourth-order valence-corrected chi connectivity index (χ4v) is 1.33. The second-order valence-corrected chi connectivity index (χ2v) is 3.95. The Hall–Kier alpha value is -1.29. The maximum Gasteiger partial charge on any atom is 0.0547 e. The van der Waals surface area contributed by atoms with Crippen LogP contribution in [0.4, 0.5) is 11.4 Å². The number of hydrogen-bond acceptors (Lipinski definition) is 4. The third-order valence-corrected chi connectivity index (χ3v) is 2.21. The van der Waals surface area contributed by atoms with E-state index in [1.807, 2.05) is 12.3 Å². The summed E-state index contributed by atoms with van der Waals surface area (Å²) >= 11 is 0. The van der Waals surface area contributed by atoms with Crippen LogP contribution in [0.1, 0.15) is 26.7 Å². The maximum atomic E-state index is 9.13. The lowest BCUT2D eigenvalue weighted by atomic mass is 10.3. The minimum Gasteiger partial charge on any atom is -0.393 e. The summed E-state index contributed by atoms with van der Waals surface area (Å²) in [6, 6.07) is 2.03. The molecule has 3 N–H and O–H groups in total. The first-order chi connectivity index (χ1) is 7.72. The van der Waals surface area contributed by atoms with Gasteiger partial charge in [0.15, 0.2) is 0 Å². The predicted molar refractivity (Wildman–Crippen MR) is 67.8 cm³/mol. The molecule has 1 rings (SSSR count). The summed E-state index contributed by atoms with van der Waals surface area (Å²) in [5.41, 5.74) is 2.02. The van der Waals surface area contributed by atoms with Crippen LogP contribution in [-0.2, 0) is 0 Å². The molecule has 4 nitrogen and oxygen atoms in total. The fraction of sp³-hybridized carbons (Fsp3) is 0.583. The van der Waals surface area contributed by atoms with Gasteiger partial charge < -0.3 is 15.7 Å². The fourth-order valence-electron chi connectivity index (χ4n) is 1.33. The van der Waals surface area contributed by atoms with Crippen molar-refractivity contribution in [2.24, 2.45) is 0 Å². The van der Waals surface area contributed by atoms with Gasteiger partial charge in [-0.2, -0.15) is 0 Å². The van der Waals surface area contributed by atoms with Crippen LogP contribution < -0.4 is 10.6 Å². The zero-order chi connectivity index (χ0) is 11.8. The van der Waals surface area contributed by atoms with Gasteiger partial charge in [0.05, 0.1) is 29.9 Å². The topological polar surface area (TPSA) is 57.2 Å². The van der Waals surface area contributed by atoms with Crippen molar-refractivity contribution in [3.63, 3.8) is 0 Å². The molecule has 1 aromatic rings. The first-order valence-electron chi connectivity index (χ1n) is 5.83. The predicted octanol–water partition coefficient (Wildman–Crippen LogP) is 2.09. The molecular weight excluding hydrogens is 202 g/mol. The van der Waals surface area contributed by atoms with Crippen LogP contribution in [-0.4, -0.2) is 29.3 Å². The van der Waals surface area contributed by atoms with E-state index >= 15 is 0 Å². The second kappa shape index (κ2) is 7.06. The average Bonchev–Trinajstić information content (AvgIpc) is 2.26. The summed E-state index contributed by atoms with van der Waals surface area (Å²) < 4.78 is 0. The van der Waals surface area contributed by atoms with Crippen LogP contribution in [0.3, 0.4) is 0 Å². The number of anilines is 2. The summed E-state index contributed by atoms with van der Waals surface area (Å²) in [6.07, 6.45) is 5.18. The van der Waals surface area contributed by atoms with E-state index in [1.54, 1.807) is 13.1 Å². The SMILES string of the molecule is CCCNc1cncc(NCCC(C)O)c1. The first kappa shape index (κ1) is 12.8. The quantitative estimate of drug-likeness (QED) is 0.662. The molecule has 1 atom stereocenters. The lowest BCUT2D eigenvalue weighted by Gasteiger charge is -2.09. The standard InChI is InChI=1S/C12H21N3O/c1-3-5-14-11-7-12(9-13-8-11)15-6-4-10(2)16/h7-10,14-16H,3-6H2,1-2H3. The van der Waals surface area contributed by atoms with Crippen LogP contribution in [0, 0.1) is 0 Å². The van der Waals surface area contributed by atoms with E-state index in [0.29, 0.717) is 0 Å². The Labute approximate surface area is 97.1 Å². The van der Waals surface area contributed by atoms with Crippen molar-refractivity contribution in [2.45, 2.75) is 32.8 Å². The first-order valence-corrected chi connectivity index (χ1v) is 5.83. The number of hydrogen-bond donors (Lipinski definition) is 3. The van der Waals surface area contributed by atoms with E-state index in [1.165, 1.54) is 0 Å². The highest BCUT2D eigenvalue weighted by molar-refractivity contribution is 5.53. The van der Waals surface area contributed by atoms with E-state index < -0.39 is 0 Å². The van der Waals surface area contributed by atoms with Crippen molar-refractivity contribution in [3.05, 3.63) is 18.5 Å². The second-order valence-electron chi connectivity index (χ2n) is 3.95. The highest BCUT2D eigenvalue weighted by atomic mass is 16.3. The van der Waals surface area contributed by atoms with E-state index in [4.69, 9.17) is 5.11 Å². The normalized spacial score (nSPS) is 12.2. The highest BCUT2D eigenvalue weighted by Crippen LogP contribution is 2.12. The van der Waals surface area contributed by atoms with Gasteiger partial charge in [0.2, 0.25) is 0 Å². The molecule has 0 aromatic carbocycles. The number of aliphatic hydroxyl groups is 1. The minimum atomic E-state index is -0.262. The van der Waals surface area contributed by atoms with Crippen molar-refractivity contribution in [1.82, 2.24) is 4.98 Å². The molecule has 1 unspecified atom stereocenters. The summed E-state index contributed by atoms with van der Waals surface area (Å²) in [4.78, 5) is 4.15. The Kier molecular flexibility index (Phi) is 5.64. The number of nitrogens with zero attached hydrogens (tertiary/aromatic N) is 1. The number of rotatable bonds is 7. The maximum absolute atomic E-state index is 9.13. The highest BCUT2D eigenvalue weighted by Gasteiger charge is 1.97. The molecule has 0 saturated carbocycles. The third kappa shape index (κ3) is 4.98. The molecular formula is C12H21N3O. The van der Waals surface area contributed by atoms with Gasteiger partial charge in [-0.15, -0.1) is 0 Å². The Morgan fingerprint density at radius 3 is 2.44 bits per heavy atom. The van der Waals surface area contributed by atoms with Gasteiger partial charge >= 0.3 is 0 Å². The lowest BCUT2D eigenvalue weighted by molar-refractivity contribution is 0.189. The largest absolute Gasteiger partial charge is 0.393 e. The number of nitrogens with one attached hydrogen (secondary N) is 2. The molecule has 0 saturated heterocycles. The van der Waals surface area contributed by atoms with Gasteiger partial charge in [-0.1, -0.05) is 6.92 Å². The van der Waals surface area contributed by atoms with Crippen LogP contribution in [0.25, 0.3) is 0 Å². The van der Waals surface area contributed by atoms with Crippen LogP contribution >= 0.6 is 0 Å². The van der Waals surface area contributed by atoms with Gasteiger partial charge in [0, 0.05) is 13.1 Å². The summed E-state index contributed by atoms with van der Waals surface area (Å²) in [5.74, 6) is 0. The van der Waals surface area contributed by atoms with Crippen LogP contribution in [0.2, 0.25) is 0 Å². The lowest BCUT2D eigenvalue weighted by Crippen LogP contribution is -2.10. The van der Waals surface area contributed by atoms with Gasteiger partial charge in [-0.3, -0.25) is 4.98 Å². The van der Waals surface area contributed by atoms with Gasteiger partial charge in [0.25, 0.3) is 0 Å². The minimum absolute atomic E-state index is 0.262. The number of pyridine rings is 1. The molecule has 0 spiro atoms. The zero-order valence-electron chi connectivity index (χ0n) is 10.0. The molecule has 16 heavy (non-hydrogen) atoms. The van der Waals surface area contributed by atoms with Crippen molar-refractivity contribution < 1.29 is 5.11 Å². The third-order valence-electron chi connectivity index (χ3n) is 2.21. The van der Waals surface area contributed by atoms with E-state index in [9.17, 15) is 0 Å². The van der Waals surface area contributed by atoms with Crippen molar-refractivity contribution in [3.8, 4) is 0 Å². The van der Waals surface area contributed by atoms with E-state index in [2.05, 4.69) is 22.5 Å².